The van der Waals surface area contributed by atoms with Crippen molar-refractivity contribution in [2.24, 2.45) is 0 Å². The number of rotatable bonds is 4. The van der Waals surface area contributed by atoms with Gasteiger partial charge >= 0.3 is 0 Å². The van der Waals surface area contributed by atoms with Crippen LogP contribution in [-0.2, 0) is 6.42 Å². The molecule has 2 nitrogen and oxygen atoms in total. The molecule has 2 rings (SSSR count). The summed E-state index contributed by atoms with van der Waals surface area (Å²) in [6.45, 7) is 1.96. The van der Waals surface area contributed by atoms with Crippen LogP contribution in [0, 0.1) is 6.92 Å². The predicted octanol–water partition coefficient (Wildman–Crippen LogP) is 3.98. The van der Waals surface area contributed by atoms with Crippen LogP contribution in [0.3, 0.4) is 0 Å². The number of aryl methyl sites for hydroxylation is 2. The normalized spacial score (nSPS) is 10.6. The molecule has 16 heavy (non-hydrogen) atoms. The van der Waals surface area contributed by atoms with E-state index in [0.717, 1.165) is 15.6 Å². The van der Waals surface area contributed by atoms with Crippen molar-refractivity contribution in [2.75, 3.05) is 0 Å². The number of thiophene rings is 1. The van der Waals surface area contributed by atoms with E-state index in [1.165, 1.54) is 11.3 Å². The standard InChI is InChI=1S/C11H10ClNOS2/c1-7-6-15-11(13-7)5-2-8(14)9-3-4-10(12)16-9/h3-4,6H,2,5H2,1H3. The average molecular weight is 272 g/mol. The van der Waals surface area contributed by atoms with Crippen molar-refractivity contribution in [3.8, 4) is 0 Å². The molecule has 0 saturated carbocycles. The zero-order valence-electron chi connectivity index (χ0n) is 8.70. The van der Waals surface area contributed by atoms with Gasteiger partial charge in [-0.2, -0.15) is 0 Å². The highest BCUT2D eigenvalue weighted by Gasteiger charge is 2.10. The molecule has 0 fully saturated rings. The lowest BCUT2D eigenvalue weighted by Gasteiger charge is -1.95. The highest BCUT2D eigenvalue weighted by atomic mass is 35.5. The number of ketones is 1. The molecular weight excluding hydrogens is 262 g/mol. The average Bonchev–Trinajstić information content (AvgIpc) is 2.84. The zero-order valence-corrected chi connectivity index (χ0v) is 11.1. The molecule has 2 heterocycles. The Hall–Kier alpha value is -0.710. The van der Waals surface area contributed by atoms with Crippen LogP contribution in [0.15, 0.2) is 17.5 Å². The number of carbonyl (C=O) groups excluding carboxylic acids is 1. The maximum absolute atomic E-state index is 11.8. The third-order valence-electron chi connectivity index (χ3n) is 2.08. The molecule has 0 aliphatic carbocycles. The van der Waals surface area contributed by atoms with Gasteiger partial charge in [0.15, 0.2) is 5.78 Å². The van der Waals surface area contributed by atoms with Crippen molar-refractivity contribution in [2.45, 2.75) is 19.8 Å². The van der Waals surface area contributed by atoms with Gasteiger partial charge in [0.2, 0.25) is 0 Å². The van der Waals surface area contributed by atoms with E-state index < -0.39 is 0 Å². The minimum absolute atomic E-state index is 0.143. The number of thiazole rings is 1. The van der Waals surface area contributed by atoms with Gasteiger partial charge < -0.3 is 0 Å². The molecule has 0 amide bonds. The smallest absolute Gasteiger partial charge is 0.173 e. The third kappa shape index (κ3) is 2.90. The topological polar surface area (TPSA) is 30.0 Å². The number of carbonyl (C=O) groups is 1. The second kappa shape index (κ2) is 5.08. The Morgan fingerprint density at radius 3 is 2.88 bits per heavy atom. The summed E-state index contributed by atoms with van der Waals surface area (Å²) in [4.78, 5) is 16.8. The van der Waals surface area contributed by atoms with E-state index in [1.807, 2.05) is 12.3 Å². The van der Waals surface area contributed by atoms with Crippen LogP contribution < -0.4 is 0 Å². The van der Waals surface area contributed by atoms with Crippen LogP contribution in [-0.4, -0.2) is 10.8 Å². The zero-order chi connectivity index (χ0) is 11.5. The van der Waals surface area contributed by atoms with Crippen molar-refractivity contribution in [1.82, 2.24) is 4.98 Å². The summed E-state index contributed by atoms with van der Waals surface area (Å²) in [5.74, 6) is 0.143. The second-order valence-electron chi connectivity index (χ2n) is 3.41. The highest BCUT2D eigenvalue weighted by molar-refractivity contribution is 7.18. The van der Waals surface area contributed by atoms with Crippen LogP contribution in [0.5, 0.6) is 0 Å². The summed E-state index contributed by atoms with van der Waals surface area (Å²) in [5.41, 5.74) is 1.02. The van der Waals surface area contributed by atoms with Gasteiger partial charge in [-0.15, -0.1) is 22.7 Å². The SMILES string of the molecule is Cc1csc(CCC(=O)c2ccc(Cl)s2)n1. The van der Waals surface area contributed by atoms with Gasteiger partial charge in [-0.05, 0) is 19.1 Å². The number of hydrogen-bond donors (Lipinski definition) is 0. The minimum Gasteiger partial charge on any atom is -0.293 e. The van der Waals surface area contributed by atoms with Crippen molar-refractivity contribution in [3.63, 3.8) is 0 Å². The van der Waals surface area contributed by atoms with Gasteiger partial charge in [0.1, 0.15) is 0 Å². The van der Waals surface area contributed by atoms with Crippen molar-refractivity contribution >= 4 is 40.1 Å². The lowest BCUT2D eigenvalue weighted by Crippen LogP contribution is -1.98. The fourth-order valence-electron chi connectivity index (χ4n) is 1.33. The van der Waals surface area contributed by atoms with Gasteiger partial charge in [0, 0.05) is 23.9 Å². The molecule has 0 N–H and O–H groups in total. The summed E-state index contributed by atoms with van der Waals surface area (Å²) in [6.07, 6.45) is 1.22. The molecule has 0 spiro atoms. The Balaban J connectivity index is 1.93. The number of aromatic nitrogens is 1. The minimum atomic E-state index is 0.143. The second-order valence-corrected chi connectivity index (χ2v) is 6.07. The molecule has 2 aromatic rings. The van der Waals surface area contributed by atoms with E-state index >= 15 is 0 Å². The maximum Gasteiger partial charge on any atom is 0.173 e. The first-order valence-electron chi connectivity index (χ1n) is 4.84. The molecule has 0 bridgehead atoms. The van der Waals surface area contributed by atoms with Gasteiger partial charge in [-0.25, -0.2) is 4.98 Å². The molecule has 0 aliphatic rings. The number of hydrogen-bond acceptors (Lipinski definition) is 4. The molecule has 5 heteroatoms. The number of halogens is 1. The van der Waals surface area contributed by atoms with Crippen LogP contribution in [0.1, 0.15) is 26.8 Å². The lowest BCUT2D eigenvalue weighted by molar-refractivity contribution is 0.0986. The molecular formula is C11H10ClNOS2. The van der Waals surface area contributed by atoms with Crippen LogP contribution in [0.25, 0.3) is 0 Å². The van der Waals surface area contributed by atoms with Crippen LogP contribution in [0.4, 0.5) is 0 Å². The summed E-state index contributed by atoms with van der Waals surface area (Å²) in [7, 11) is 0. The van der Waals surface area contributed by atoms with Crippen molar-refractivity contribution < 1.29 is 4.79 Å². The molecule has 0 aromatic carbocycles. The van der Waals surface area contributed by atoms with Gasteiger partial charge in [-0.1, -0.05) is 11.6 Å². The van der Waals surface area contributed by atoms with E-state index in [9.17, 15) is 4.79 Å². The Kier molecular flexibility index (Phi) is 3.74. The van der Waals surface area contributed by atoms with Crippen molar-refractivity contribution in [1.29, 1.82) is 0 Å². The first-order chi connectivity index (χ1) is 7.65. The first kappa shape index (κ1) is 11.8. The van der Waals surface area contributed by atoms with E-state index in [1.54, 1.807) is 23.5 Å². The summed E-state index contributed by atoms with van der Waals surface area (Å²) in [6, 6.07) is 3.54. The Morgan fingerprint density at radius 1 is 1.50 bits per heavy atom. The summed E-state index contributed by atoms with van der Waals surface area (Å²) < 4.78 is 0.661. The first-order valence-corrected chi connectivity index (χ1v) is 6.92. The van der Waals surface area contributed by atoms with Crippen LogP contribution >= 0.6 is 34.3 Å². The van der Waals surface area contributed by atoms with Gasteiger partial charge in [0.05, 0.1) is 14.2 Å². The van der Waals surface area contributed by atoms with E-state index in [-0.39, 0.29) is 5.78 Å². The van der Waals surface area contributed by atoms with Gasteiger partial charge in [-0.3, -0.25) is 4.79 Å². The van der Waals surface area contributed by atoms with Gasteiger partial charge in [0.25, 0.3) is 0 Å². The largest absolute Gasteiger partial charge is 0.293 e. The fourth-order valence-corrected chi connectivity index (χ4v) is 3.11. The molecule has 0 aliphatic heterocycles. The molecule has 84 valence electrons. The Morgan fingerprint density at radius 2 is 2.31 bits per heavy atom. The molecule has 2 aromatic heterocycles. The fraction of sp³-hybridized carbons (Fsp3) is 0.273. The monoisotopic (exact) mass is 271 g/mol. The molecule has 0 radical (unpaired) electrons. The number of nitrogens with zero attached hydrogens (tertiary/aromatic N) is 1. The Labute approximate surface area is 107 Å². The highest BCUT2D eigenvalue weighted by Crippen LogP contribution is 2.23. The molecule has 0 atom stereocenters. The van der Waals surface area contributed by atoms with E-state index in [0.29, 0.717) is 17.2 Å². The molecule has 0 unspecified atom stereocenters. The van der Waals surface area contributed by atoms with Crippen LogP contribution in [0.2, 0.25) is 4.34 Å². The van der Waals surface area contributed by atoms with E-state index in [4.69, 9.17) is 11.6 Å². The van der Waals surface area contributed by atoms with Crippen molar-refractivity contribution in [3.05, 3.63) is 37.4 Å². The number of Topliss-reactive ketones (excluding diaryl/α,β-unsaturated/α-hetero) is 1. The Bertz CT molecular complexity index is 504. The third-order valence-corrected chi connectivity index (χ3v) is 4.38. The predicted molar refractivity (Wildman–Crippen MR) is 68.8 cm³/mol. The summed E-state index contributed by atoms with van der Waals surface area (Å²) >= 11 is 8.72. The molecule has 0 saturated heterocycles. The lowest BCUT2D eigenvalue weighted by atomic mass is 10.2. The maximum atomic E-state index is 11.8. The quantitative estimate of drug-likeness (QED) is 0.787. The summed E-state index contributed by atoms with van der Waals surface area (Å²) in [5, 5.41) is 3.02. The van der Waals surface area contributed by atoms with E-state index in [2.05, 4.69) is 4.98 Å².